The van der Waals surface area contributed by atoms with Gasteiger partial charge in [-0.1, -0.05) is 12.8 Å². The second-order valence-corrected chi connectivity index (χ2v) is 6.96. The number of nitrogens with one attached hydrogen (secondary N) is 1. The third-order valence-corrected chi connectivity index (χ3v) is 5.14. The number of nitrogens with zero attached hydrogens (tertiary/aromatic N) is 4. The number of aliphatic imine (C=N–C) groups is 1. The van der Waals surface area contributed by atoms with Crippen LogP contribution in [0.1, 0.15) is 19.3 Å². The van der Waals surface area contributed by atoms with E-state index in [0.717, 1.165) is 57.7 Å². The average Bonchev–Trinajstić information content (AvgIpc) is 3.45. The zero-order valence-electron chi connectivity index (χ0n) is 15.3. The van der Waals surface area contributed by atoms with Crippen molar-refractivity contribution in [3.05, 3.63) is 0 Å². The van der Waals surface area contributed by atoms with E-state index < -0.39 is 0 Å². The monoisotopic (exact) mass is 465 g/mol. The van der Waals surface area contributed by atoms with E-state index in [4.69, 9.17) is 4.74 Å². The van der Waals surface area contributed by atoms with Crippen LogP contribution in [0.5, 0.6) is 0 Å². The Morgan fingerprint density at radius 1 is 1.08 bits per heavy atom. The van der Waals surface area contributed by atoms with Gasteiger partial charge < -0.3 is 19.9 Å². The quantitative estimate of drug-likeness (QED) is 0.363. The summed E-state index contributed by atoms with van der Waals surface area (Å²) in [6.45, 7) is 8.05. The van der Waals surface area contributed by atoms with Crippen LogP contribution in [0, 0.1) is 5.92 Å². The second kappa shape index (κ2) is 10.5. The first kappa shape index (κ1) is 20.7. The van der Waals surface area contributed by atoms with Crippen LogP contribution >= 0.6 is 24.0 Å². The summed E-state index contributed by atoms with van der Waals surface area (Å²) in [4.78, 5) is 23.2. The number of hydrogen-bond donors (Lipinski definition) is 1. The lowest BCUT2D eigenvalue weighted by Crippen LogP contribution is -2.55. The van der Waals surface area contributed by atoms with Crippen molar-refractivity contribution in [2.24, 2.45) is 10.9 Å². The van der Waals surface area contributed by atoms with Gasteiger partial charge in [0.15, 0.2) is 5.96 Å². The van der Waals surface area contributed by atoms with Crippen LogP contribution < -0.4 is 5.32 Å². The van der Waals surface area contributed by atoms with Crippen molar-refractivity contribution in [1.29, 1.82) is 0 Å². The first-order chi connectivity index (χ1) is 11.8. The van der Waals surface area contributed by atoms with E-state index in [1.807, 2.05) is 11.9 Å². The molecule has 1 aliphatic carbocycles. The van der Waals surface area contributed by atoms with Crippen LogP contribution in [-0.2, 0) is 9.53 Å². The van der Waals surface area contributed by atoms with E-state index in [2.05, 4.69) is 20.1 Å². The summed E-state index contributed by atoms with van der Waals surface area (Å²) in [5, 5.41) is 3.49. The summed E-state index contributed by atoms with van der Waals surface area (Å²) < 4.78 is 5.31. The fraction of sp³-hybridized carbons (Fsp3) is 0.882. The number of ether oxygens (including phenoxy) is 1. The van der Waals surface area contributed by atoms with E-state index in [1.165, 1.54) is 19.3 Å². The Balaban J connectivity index is 0.00000225. The highest BCUT2D eigenvalue weighted by molar-refractivity contribution is 14.0. The number of morpholine rings is 1. The highest BCUT2D eigenvalue weighted by atomic mass is 127. The van der Waals surface area contributed by atoms with Gasteiger partial charge in [0.25, 0.3) is 0 Å². The Kier molecular flexibility index (Phi) is 8.71. The summed E-state index contributed by atoms with van der Waals surface area (Å²) >= 11 is 0. The van der Waals surface area contributed by atoms with Gasteiger partial charge >= 0.3 is 0 Å². The Hall–Kier alpha value is -0.610. The van der Waals surface area contributed by atoms with Crippen molar-refractivity contribution in [1.82, 2.24) is 20.0 Å². The number of rotatable bonds is 5. The number of amides is 1. The molecule has 7 nitrogen and oxygen atoms in total. The Bertz CT molecular complexity index is 444. The SMILES string of the molecule is CN=C(NCCC1CC1)N1CCN(CC(=O)N2CCOCC2)CC1.I. The fourth-order valence-electron chi connectivity index (χ4n) is 3.35. The zero-order valence-corrected chi connectivity index (χ0v) is 17.6. The normalized spacial score (nSPS) is 22.5. The van der Waals surface area contributed by atoms with Crippen molar-refractivity contribution in [3.63, 3.8) is 0 Å². The van der Waals surface area contributed by atoms with Gasteiger partial charge in [-0.15, -0.1) is 24.0 Å². The maximum absolute atomic E-state index is 12.3. The molecular weight excluding hydrogens is 433 g/mol. The highest BCUT2D eigenvalue weighted by Crippen LogP contribution is 2.31. The summed E-state index contributed by atoms with van der Waals surface area (Å²) in [6, 6.07) is 0. The van der Waals surface area contributed by atoms with Gasteiger partial charge in [0.2, 0.25) is 5.91 Å². The average molecular weight is 465 g/mol. The number of piperazine rings is 1. The Morgan fingerprint density at radius 3 is 2.36 bits per heavy atom. The van der Waals surface area contributed by atoms with Gasteiger partial charge in [-0.2, -0.15) is 0 Å². The van der Waals surface area contributed by atoms with Crippen LogP contribution in [0.25, 0.3) is 0 Å². The molecule has 1 amide bonds. The molecule has 3 aliphatic rings. The maximum atomic E-state index is 12.3. The van der Waals surface area contributed by atoms with Gasteiger partial charge in [0, 0.05) is 52.9 Å². The molecule has 3 rings (SSSR count). The number of halogens is 1. The number of carbonyl (C=O) groups excluding carboxylic acids is 1. The minimum absolute atomic E-state index is 0. The maximum Gasteiger partial charge on any atom is 0.236 e. The second-order valence-electron chi connectivity index (χ2n) is 6.96. The molecule has 1 N–H and O–H groups in total. The van der Waals surface area contributed by atoms with Crippen molar-refractivity contribution in [2.45, 2.75) is 19.3 Å². The number of hydrogen-bond acceptors (Lipinski definition) is 4. The van der Waals surface area contributed by atoms with Crippen LogP contribution in [0.4, 0.5) is 0 Å². The largest absolute Gasteiger partial charge is 0.378 e. The van der Waals surface area contributed by atoms with E-state index in [1.54, 1.807) is 0 Å². The smallest absolute Gasteiger partial charge is 0.236 e. The molecule has 0 bridgehead atoms. The first-order valence-electron chi connectivity index (χ1n) is 9.29. The molecule has 0 aromatic carbocycles. The van der Waals surface area contributed by atoms with E-state index in [9.17, 15) is 4.79 Å². The number of guanidine groups is 1. The first-order valence-corrected chi connectivity index (χ1v) is 9.29. The van der Waals surface area contributed by atoms with Crippen molar-refractivity contribution < 1.29 is 9.53 Å². The van der Waals surface area contributed by atoms with Crippen molar-refractivity contribution in [2.75, 3.05) is 72.6 Å². The molecule has 3 fully saturated rings. The molecule has 0 aromatic rings. The van der Waals surface area contributed by atoms with Gasteiger partial charge in [-0.05, 0) is 12.3 Å². The molecule has 25 heavy (non-hydrogen) atoms. The molecule has 0 aromatic heterocycles. The predicted molar refractivity (Wildman–Crippen MR) is 110 cm³/mol. The lowest BCUT2D eigenvalue weighted by Gasteiger charge is -2.37. The number of carbonyl (C=O) groups is 1. The minimum atomic E-state index is 0. The van der Waals surface area contributed by atoms with Gasteiger partial charge in [0.05, 0.1) is 19.8 Å². The van der Waals surface area contributed by atoms with Crippen molar-refractivity contribution in [3.8, 4) is 0 Å². The van der Waals surface area contributed by atoms with Gasteiger partial charge in [-0.25, -0.2) is 0 Å². The van der Waals surface area contributed by atoms with Gasteiger partial charge in [0.1, 0.15) is 0 Å². The van der Waals surface area contributed by atoms with Crippen molar-refractivity contribution >= 4 is 35.8 Å². The molecule has 8 heteroatoms. The molecule has 0 atom stereocenters. The molecule has 0 spiro atoms. The molecular formula is C17H32IN5O2. The lowest BCUT2D eigenvalue weighted by atomic mass is 10.3. The van der Waals surface area contributed by atoms with E-state index in [0.29, 0.717) is 19.8 Å². The molecule has 1 saturated carbocycles. The molecule has 0 unspecified atom stereocenters. The summed E-state index contributed by atoms with van der Waals surface area (Å²) in [6.07, 6.45) is 4.05. The Morgan fingerprint density at radius 2 is 1.76 bits per heavy atom. The summed E-state index contributed by atoms with van der Waals surface area (Å²) in [5.74, 6) is 2.19. The van der Waals surface area contributed by atoms with Crippen LogP contribution in [-0.4, -0.2) is 99.2 Å². The van der Waals surface area contributed by atoms with Crippen LogP contribution in [0.3, 0.4) is 0 Å². The molecule has 0 radical (unpaired) electrons. The predicted octanol–water partition coefficient (Wildman–Crippen LogP) is 0.456. The topological polar surface area (TPSA) is 60.4 Å². The molecule has 2 aliphatic heterocycles. The third kappa shape index (κ3) is 6.56. The summed E-state index contributed by atoms with van der Waals surface area (Å²) in [7, 11) is 1.85. The third-order valence-electron chi connectivity index (χ3n) is 5.14. The summed E-state index contributed by atoms with van der Waals surface area (Å²) in [5.41, 5.74) is 0. The Labute approximate surface area is 168 Å². The molecule has 2 heterocycles. The van der Waals surface area contributed by atoms with Gasteiger partial charge in [-0.3, -0.25) is 14.7 Å². The lowest BCUT2D eigenvalue weighted by molar-refractivity contribution is -0.136. The molecule has 2 saturated heterocycles. The molecule has 144 valence electrons. The highest BCUT2D eigenvalue weighted by Gasteiger charge is 2.25. The van der Waals surface area contributed by atoms with E-state index in [-0.39, 0.29) is 29.9 Å². The minimum Gasteiger partial charge on any atom is -0.378 e. The zero-order chi connectivity index (χ0) is 16.8. The van der Waals surface area contributed by atoms with Crippen LogP contribution in [0.15, 0.2) is 4.99 Å². The fourth-order valence-corrected chi connectivity index (χ4v) is 3.35. The standard InChI is InChI=1S/C17H31N5O2.HI/c1-18-17(19-5-4-15-2-3-15)22-8-6-20(7-9-22)14-16(23)21-10-12-24-13-11-21;/h15H,2-14H2,1H3,(H,18,19);1H. The van der Waals surface area contributed by atoms with Crippen LogP contribution in [0.2, 0.25) is 0 Å². The van der Waals surface area contributed by atoms with E-state index >= 15 is 0 Å².